The number of aryl methyl sites for hydroxylation is 1. The number of ketones is 1. The molecule has 62 heavy (non-hydrogen) atoms. The molecule has 2 aromatic carbocycles. The number of nitrogens with zero attached hydrogens (tertiary/aromatic N) is 3. The minimum Gasteiger partial charge on any atom is -0.491 e. The molecule has 2 aliphatic heterocycles. The summed E-state index contributed by atoms with van der Waals surface area (Å²) < 4.78 is 47.1. The Morgan fingerprint density at radius 2 is 1.52 bits per heavy atom. The van der Waals surface area contributed by atoms with Crippen molar-refractivity contribution in [1.29, 1.82) is 0 Å². The molecule has 0 aliphatic carbocycles. The molecule has 0 N–H and O–H groups in total. The molecule has 0 saturated carbocycles. The molecule has 2 atom stereocenters. The highest BCUT2D eigenvalue weighted by Gasteiger charge is 2.36. The van der Waals surface area contributed by atoms with Gasteiger partial charge in [-0.25, -0.2) is 4.79 Å². The number of ether oxygens (including phenoxy) is 3. The van der Waals surface area contributed by atoms with Gasteiger partial charge in [0.15, 0.2) is 0 Å². The predicted molar refractivity (Wildman–Crippen MR) is 234 cm³/mol. The summed E-state index contributed by atoms with van der Waals surface area (Å²) in [5.41, 5.74) is 1.33. The zero-order chi connectivity index (χ0) is 45.1. The van der Waals surface area contributed by atoms with Gasteiger partial charge in [-0.3, -0.25) is 23.6 Å². The Morgan fingerprint density at radius 1 is 0.823 bits per heavy atom. The highest BCUT2D eigenvalue weighted by Crippen LogP contribution is 2.31. The number of carbonyl (C=O) groups is 4. The first kappa shape index (κ1) is 47.8. The smallest absolute Gasteiger partial charge is 0.410 e. The van der Waals surface area contributed by atoms with E-state index < -0.39 is 39.1 Å². The lowest BCUT2D eigenvalue weighted by molar-refractivity contribution is -0.156. The lowest BCUT2D eigenvalue weighted by atomic mass is 9.81. The Kier molecular flexibility index (Phi) is 16.3. The van der Waals surface area contributed by atoms with Gasteiger partial charge in [0.2, 0.25) is 5.91 Å². The molecule has 334 valence electrons. The van der Waals surface area contributed by atoms with Crippen molar-refractivity contribution in [3.63, 3.8) is 0 Å². The lowest BCUT2D eigenvalue weighted by Gasteiger charge is -2.35. The van der Waals surface area contributed by atoms with E-state index in [1.54, 1.807) is 85.4 Å². The van der Waals surface area contributed by atoms with Crippen LogP contribution in [-0.2, 0) is 38.2 Å². The monoisotopic (exact) mass is 871 g/mol. The maximum Gasteiger partial charge on any atom is 0.410 e. The molecule has 5 rings (SSSR count). The summed E-state index contributed by atoms with van der Waals surface area (Å²) in [6, 6.07) is 15.2. The van der Waals surface area contributed by atoms with Crippen LogP contribution in [0.2, 0.25) is 0 Å². The second-order valence-electron chi connectivity index (χ2n) is 18.1. The average molecular weight is 872 g/mol. The molecule has 3 heterocycles. The van der Waals surface area contributed by atoms with Crippen LogP contribution < -0.4 is 4.74 Å². The highest BCUT2D eigenvalue weighted by atomic mass is 32.2. The van der Waals surface area contributed by atoms with Gasteiger partial charge in [-0.15, -0.1) is 0 Å². The van der Waals surface area contributed by atoms with Crippen LogP contribution in [0.15, 0.2) is 71.9 Å². The molecule has 2 saturated heterocycles. The van der Waals surface area contributed by atoms with E-state index in [1.165, 1.54) is 12.1 Å². The number of amides is 2. The number of carbonyl (C=O) groups excluding carboxylic acids is 4. The van der Waals surface area contributed by atoms with E-state index in [4.69, 9.17) is 18.4 Å². The zero-order valence-electron chi connectivity index (χ0n) is 37.1. The fraction of sp³-hybridized carbons (Fsp3) is 0.521. The third-order valence-corrected chi connectivity index (χ3v) is 11.9. The van der Waals surface area contributed by atoms with E-state index in [1.807, 2.05) is 27.7 Å². The Balaban J connectivity index is 1.20. The Labute approximate surface area is 367 Å². The average Bonchev–Trinajstić information content (AvgIpc) is 3.22. The fourth-order valence-corrected chi connectivity index (χ4v) is 8.36. The van der Waals surface area contributed by atoms with E-state index in [0.29, 0.717) is 73.7 Å². The molecule has 0 radical (unpaired) electrons. The van der Waals surface area contributed by atoms with Crippen molar-refractivity contribution in [2.24, 2.45) is 11.8 Å². The summed E-state index contributed by atoms with van der Waals surface area (Å²) in [7, 11) is -3.92. The normalized spacial score (nSPS) is 16.7. The van der Waals surface area contributed by atoms with Crippen LogP contribution >= 0.6 is 0 Å². The van der Waals surface area contributed by atoms with Gasteiger partial charge >= 0.3 is 12.1 Å². The lowest BCUT2D eigenvalue weighted by Crippen LogP contribution is -2.44. The molecule has 2 fully saturated rings. The van der Waals surface area contributed by atoms with Crippen molar-refractivity contribution < 1.29 is 46.0 Å². The van der Waals surface area contributed by atoms with Gasteiger partial charge in [-0.05, 0) is 128 Å². The minimum absolute atomic E-state index is 0.00787. The molecule has 3 aromatic rings. The molecule has 0 bridgehead atoms. The van der Waals surface area contributed by atoms with Crippen molar-refractivity contribution in [3.8, 4) is 17.6 Å². The Hall–Kier alpha value is -5.26. The Bertz CT molecular complexity index is 2210. The van der Waals surface area contributed by atoms with E-state index in [0.717, 1.165) is 18.4 Å². The molecule has 0 spiro atoms. The standard InChI is InChI=1S/C48H61N3O10S/c1-34-13-18-41(19-14-34)62(56,57)59-27-26-58-40-12-8-10-36(29-40)15-16-37-28-39(32-49-31-37)42(30-44(53)60-47(2,3)4)45(54)38-11-9-23-51(33-38)43(52)20-17-35-21-24-50(25-22-35)46(55)61-48(5,6)7/h8,10,12-14,18-19,28-29,31-32,35,38,42H,9,11,17,20-27,30,33H2,1-7H3/t38-,42+/m1/s1. The topological polar surface area (TPSA) is 159 Å². The van der Waals surface area contributed by atoms with Crippen LogP contribution in [0.1, 0.15) is 115 Å². The summed E-state index contributed by atoms with van der Waals surface area (Å²) in [4.78, 5) is 61.7. The summed E-state index contributed by atoms with van der Waals surface area (Å²) >= 11 is 0. The largest absolute Gasteiger partial charge is 0.491 e. The van der Waals surface area contributed by atoms with E-state index in [9.17, 15) is 27.6 Å². The van der Waals surface area contributed by atoms with Crippen LogP contribution in [0.5, 0.6) is 5.75 Å². The highest BCUT2D eigenvalue weighted by molar-refractivity contribution is 7.86. The molecular formula is C48H61N3O10S. The van der Waals surface area contributed by atoms with Crippen molar-refractivity contribution in [3.05, 3.63) is 89.2 Å². The first-order valence-corrected chi connectivity index (χ1v) is 22.8. The second-order valence-corrected chi connectivity index (χ2v) is 19.7. The van der Waals surface area contributed by atoms with E-state index >= 15 is 0 Å². The van der Waals surface area contributed by atoms with Gasteiger partial charge in [-0.1, -0.05) is 35.6 Å². The maximum absolute atomic E-state index is 14.4. The number of pyridine rings is 1. The predicted octanol–water partition coefficient (Wildman–Crippen LogP) is 7.62. The number of benzene rings is 2. The first-order chi connectivity index (χ1) is 29.2. The molecule has 2 aliphatic rings. The van der Waals surface area contributed by atoms with Crippen LogP contribution in [0, 0.1) is 30.6 Å². The van der Waals surface area contributed by atoms with Gasteiger partial charge in [0.05, 0.1) is 17.2 Å². The van der Waals surface area contributed by atoms with Crippen molar-refractivity contribution in [2.45, 2.75) is 115 Å². The zero-order valence-corrected chi connectivity index (χ0v) is 37.9. The second kappa shape index (κ2) is 21.2. The number of piperidine rings is 2. The fourth-order valence-electron chi connectivity index (χ4n) is 7.47. The molecule has 0 unspecified atom stereocenters. The van der Waals surface area contributed by atoms with Gasteiger partial charge in [-0.2, -0.15) is 8.42 Å². The number of esters is 1. The van der Waals surface area contributed by atoms with Gasteiger partial charge in [0.1, 0.15) is 35.9 Å². The quantitative estimate of drug-likeness (QED) is 0.0679. The number of aromatic nitrogens is 1. The molecule has 14 heteroatoms. The number of likely N-dealkylation sites (tertiary alicyclic amines) is 2. The number of hydrogen-bond acceptors (Lipinski definition) is 11. The van der Waals surface area contributed by atoms with Gasteiger partial charge < -0.3 is 24.0 Å². The first-order valence-electron chi connectivity index (χ1n) is 21.4. The van der Waals surface area contributed by atoms with E-state index in [2.05, 4.69) is 16.8 Å². The number of Topliss-reactive ketones (excluding diaryl/α,β-unsaturated/α-hetero) is 1. The Morgan fingerprint density at radius 3 is 2.21 bits per heavy atom. The molecular weight excluding hydrogens is 811 g/mol. The molecule has 2 amide bonds. The van der Waals surface area contributed by atoms with Crippen molar-refractivity contribution >= 4 is 33.9 Å². The maximum atomic E-state index is 14.4. The minimum atomic E-state index is -3.92. The van der Waals surface area contributed by atoms with Crippen LogP contribution in [0.4, 0.5) is 4.79 Å². The summed E-state index contributed by atoms with van der Waals surface area (Å²) in [6.45, 7) is 14.6. The van der Waals surface area contributed by atoms with Gasteiger partial charge in [0.25, 0.3) is 10.1 Å². The summed E-state index contributed by atoms with van der Waals surface area (Å²) in [5.74, 6) is 5.03. The summed E-state index contributed by atoms with van der Waals surface area (Å²) in [6.07, 6.45) is 6.62. The van der Waals surface area contributed by atoms with Crippen LogP contribution in [0.3, 0.4) is 0 Å². The SMILES string of the molecule is Cc1ccc(S(=O)(=O)OCCOc2cccc(C#Cc3cncc([C@H](CC(=O)OC(C)(C)C)C(=O)[C@@H]4CCCN(C(=O)CCC5CCN(C(=O)OC(C)(C)C)CC5)C4)c3)c2)cc1. The van der Waals surface area contributed by atoms with Crippen LogP contribution in [-0.4, -0.2) is 97.5 Å². The van der Waals surface area contributed by atoms with Crippen molar-refractivity contribution in [2.75, 3.05) is 39.4 Å². The third kappa shape index (κ3) is 15.0. The summed E-state index contributed by atoms with van der Waals surface area (Å²) in [5, 5.41) is 0. The van der Waals surface area contributed by atoms with Crippen LogP contribution in [0.25, 0.3) is 0 Å². The van der Waals surface area contributed by atoms with Gasteiger partial charge in [0, 0.05) is 62.0 Å². The molecule has 1 aromatic heterocycles. The van der Waals surface area contributed by atoms with E-state index in [-0.39, 0.29) is 48.9 Å². The van der Waals surface area contributed by atoms with Crippen molar-refractivity contribution in [1.82, 2.24) is 14.8 Å². The number of hydrogen-bond donors (Lipinski definition) is 0. The molecule has 13 nitrogen and oxygen atoms in total. The number of rotatable bonds is 14. The third-order valence-electron chi connectivity index (χ3n) is 10.6.